The zero-order chi connectivity index (χ0) is 17.1. The average Bonchev–Trinajstić information content (AvgIpc) is 2.62. The van der Waals surface area contributed by atoms with Gasteiger partial charge in [-0.15, -0.1) is 0 Å². The van der Waals surface area contributed by atoms with E-state index in [2.05, 4.69) is 4.98 Å². The highest BCUT2D eigenvalue weighted by atomic mass is 16.3. The summed E-state index contributed by atoms with van der Waals surface area (Å²) in [4.78, 5) is 41.6. The number of pyridine rings is 1. The number of carbonyl (C=O) groups is 2. The predicted molar refractivity (Wildman–Crippen MR) is 87.0 cm³/mol. The summed E-state index contributed by atoms with van der Waals surface area (Å²) in [6, 6.07) is 9.21. The summed E-state index contributed by atoms with van der Waals surface area (Å²) in [6.07, 6.45) is 1.39. The van der Waals surface area contributed by atoms with Crippen molar-refractivity contribution in [1.82, 2.24) is 14.8 Å². The SMILES string of the molecule is O=C(c1ccc(=O)[nH]c1)N1CCN(C(=O)c2ccccc2O)CC1. The number of phenols is 1. The minimum atomic E-state index is -0.260. The molecule has 7 heteroatoms. The second-order valence-corrected chi connectivity index (χ2v) is 5.54. The first kappa shape index (κ1) is 15.8. The molecule has 0 bridgehead atoms. The van der Waals surface area contributed by atoms with Crippen molar-refractivity contribution in [2.24, 2.45) is 0 Å². The lowest BCUT2D eigenvalue weighted by atomic mass is 10.1. The Morgan fingerprint density at radius 1 is 0.917 bits per heavy atom. The van der Waals surface area contributed by atoms with Gasteiger partial charge in [0.15, 0.2) is 0 Å². The number of H-pyrrole nitrogens is 1. The minimum absolute atomic E-state index is 0.0470. The summed E-state index contributed by atoms with van der Waals surface area (Å²) >= 11 is 0. The fourth-order valence-electron chi connectivity index (χ4n) is 2.66. The van der Waals surface area contributed by atoms with Gasteiger partial charge in [0, 0.05) is 38.4 Å². The van der Waals surface area contributed by atoms with Gasteiger partial charge in [0.05, 0.1) is 11.1 Å². The zero-order valence-electron chi connectivity index (χ0n) is 12.9. The number of carbonyl (C=O) groups excluding carboxylic acids is 2. The number of phenolic OH excluding ortho intramolecular Hbond substituents is 1. The van der Waals surface area contributed by atoms with Crippen molar-refractivity contribution in [1.29, 1.82) is 0 Å². The lowest BCUT2D eigenvalue weighted by molar-refractivity contribution is 0.0533. The van der Waals surface area contributed by atoms with Crippen LogP contribution >= 0.6 is 0 Å². The normalized spacial score (nSPS) is 14.5. The Hall–Kier alpha value is -3.09. The summed E-state index contributed by atoms with van der Waals surface area (Å²) in [6.45, 7) is 1.58. The highest BCUT2D eigenvalue weighted by molar-refractivity contribution is 5.97. The number of hydrogen-bond donors (Lipinski definition) is 2. The number of nitrogens with zero attached hydrogens (tertiary/aromatic N) is 2. The Morgan fingerprint density at radius 2 is 1.54 bits per heavy atom. The van der Waals surface area contributed by atoms with Crippen molar-refractivity contribution in [2.75, 3.05) is 26.2 Å². The van der Waals surface area contributed by atoms with Crippen LogP contribution in [-0.2, 0) is 0 Å². The average molecular weight is 327 g/mol. The van der Waals surface area contributed by atoms with Gasteiger partial charge >= 0.3 is 0 Å². The van der Waals surface area contributed by atoms with E-state index in [1.165, 1.54) is 24.4 Å². The van der Waals surface area contributed by atoms with Crippen LogP contribution in [0.25, 0.3) is 0 Å². The second kappa shape index (κ2) is 6.57. The molecule has 0 saturated carbocycles. The van der Waals surface area contributed by atoms with E-state index in [4.69, 9.17) is 0 Å². The smallest absolute Gasteiger partial charge is 0.257 e. The lowest BCUT2D eigenvalue weighted by Crippen LogP contribution is -2.50. The topological polar surface area (TPSA) is 93.7 Å². The summed E-state index contributed by atoms with van der Waals surface area (Å²) in [7, 11) is 0. The van der Waals surface area contributed by atoms with Crippen LogP contribution in [0.2, 0.25) is 0 Å². The van der Waals surface area contributed by atoms with Crippen LogP contribution in [0.1, 0.15) is 20.7 Å². The Labute approximate surface area is 138 Å². The van der Waals surface area contributed by atoms with Crippen LogP contribution in [0, 0.1) is 0 Å². The summed E-state index contributed by atoms with van der Waals surface area (Å²) in [5, 5.41) is 9.78. The zero-order valence-corrected chi connectivity index (χ0v) is 12.9. The Balaban J connectivity index is 1.64. The molecule has 1 fully saturated rings. The van der Waals surface area contributed by atoms with Crippen molar-refractivity contribution in [3.63, 3.8) is 0 Å². The van der Waals surface area contributed by atoms with Crippen LogP contribution in [0.5, 0.6) is 5.75 Å². The van der Waals surface area contributed by atoms with Gasteiger partial charge in [-0.1, -0.05) is 12.1 Å². The van der Waals surface area contributed by atoms with Gasteiger partial charge < -0.3 is 19.9 Å². The van der Waals surface area contributed by atoms with Gasteiger partial charge in [-0.25, -0.2) is 0 Å². The molecule has 1 saturated heterocycles. The number of piperazine rings is 1. The van der Waals surface area contributed by atoms with E-state index in [0.29, 0.717) is 31.7 Å². The van der Waals surface area contributed by atoms with Gasteiger partial charge in [-0.3, -0.25) is 14.4 Å². The van der Waals surface area contributed by atoms with Crippen molar-refractivity contribution in [3.05, 3.63) is 64.1 Å². The van der Waals surface area contributed by atoms with E-state index in [1.807, 2.05) is 0 Å². The largest absolute Gasteiger partial charge is 0.507 e. The van der Waals surface area contributed by atoms with Crippen molar-refractivity contribution in [3.8, 4) is 5.75 Å². The summed E-state index contributed by atoms with van der Waals surface area (Å²) in [5.74, 6) is -0.473. The number of aromatic hydroxyl groups is 1. The van der Waals surface area contributed by atoms with Crippen LogP contribution in [0.15, 0.2) is 47.4 Å². The van der Waals surface area contributed by atoms with Crippen LogP contribution in [0.3, 0.4) is 0 Å². The Morgan fingerprint density at radius 3 is 2.12 bits per heavy atom. The molecule has 0 spiro atoms. The molecule has 0 aliphatic carbocycles. The molecule has 1 aliphatic rings. The van der Waals surface area contributed by atoms with Crippen molar-refractivity contribution < 1.29 is 14.7 Å². The van der Waals surface area contributed by atoms with E-state index in [-0.39, 0.29) is 28.7 Å². The summed E-state index contributed by atoms with van der Waals surface area (Å²) in [5.41, 5.74) is 0.414. The number of rotatable bonds is 2. The molecule has 2 N–H and O–H groups in total. The molecule has 1 aliphatic heterocycles. The minimum Gasteiger partial charge on any atom is -0.507 e. The Bertz CT molecular complexity index is 802. The monoisotopic (exact) mass is 327 g/mol. The van der Waals surface area contributed by atoms with E-state index >= 15 is 0 Å². The number of nitrogens with one attached hydrogen (secondary N) is 1. The lowest BCUT2D eigenvalue weighted by Gasteiger charge is -2.34. The molecular weight excluding hydrogens is 310 g/mol. The van der Waals surface area contributed by atoms with Crippen LogP contribution in [0.4, 0.5) is 0 Å². The van der Waals surface area contributed by atoms with Gasteiger partial charge in [0.1, 0.15) is 5.75 Å². The second-order valence-electron chi connectivity index (χ2n) is 5.54. The molecule has 2 aromatic rings. The van der Waals surface area contributed by atoms with Crippen LogP contribution < -0.4 is 5.56 Å². The standard InChI is InChI=1S/C17H17N3O4/c21-14-4-2-1-3-13(14)17(24)20-9-7-19(8-10-20)16(23)12-5-6-15(22)18-11-12/h1-6,11,21H,7-10H2,(H,18,22). The molecule has 0 unspecified atom stereocenters. The van der Waals surface area contributed by atoms with E-state index in [0.717, 1.165) is 0 Å². The summed E-state index contributed by atoms with van der Waals surface area (Å²) < 4.78 is 0. The number of hydrogen-bond acceptors (Lipinski definition) is 4. The van der Waals surface area contributed by atoms with Gasteiger partial charge in [-0.2, -0.15) is 0 Å². The molecule has 1 aromatic heterocycles. The van der Waals surface area contributed by atoms with Crippen molar-refractivity contribution >= 4 is 11.8 Å². The fraction of sp³-hybridized carbons (Fsp3) is 0.235. The highest BCUT2D eigenvalue weighted by Gasteiger charge is 2.26. The third-order valence-corrected chi connectivity index (χ3v) is 4.02. The third kappa shape index (κ3) is 3.15. The third-order valence-electron chi connectivity index (χ3n) is 4.02. The molecule has 0 atom stereocenters. The van der Waals surface area contributed by atoms with E-state index < -0.39 is 0 Å². The number of benzene rings is 1. The maximum absolute atomic E-state index is 12.4. The number of aromatic amines is 1. The maximum Gasteiger partial charge on any atom is 0.257 e. The first-order valence-corrected chi connectivity index (χ1v) is 7.61. The molecule has 2 amide bonds. The van der Waals surface area contributed by atoms with Crippen molar-refractivity contribution in [2.45, 2.75) is 0 Å². The maximum atomic E-state index is 12.4. The molecule has 7 nitrogen and oxygen atoms in total. The fourth-order valence-corrected chi connectivity index (χ4v) is 2.66. The highest BCUT2D eigenvalue weighted by Crippen LogP contribution is 2.19. The van der Waals surface area contributed by atoms with E-state index in [9.17, 15) is 19.5 Å². The number of aromatic nitrogens is 1. The van der Waals surface area contributed by atoms with E-state index in [1.54, 1.807) is 28.0 Å². The number of amides is 2. The quantitative estimate of drug-likeness (QED) is 0.848. The predicted octanol–water partition coefficient (Wildman–Crippen LogP) is 0.679. The van der Waals surface area contributed by atoms with Gasteiger partial charge in [0.2, 0.25) is 5.56 Å². The molecular formula is C17H17N3O4. The first-order chi connectivity index (χ1) is 11.6. The molecule has 3 rings (SSSR count). The molecule has 124 valence electrons. The van der Waals surface area contributed by atoms with Crippen LogP contribution in [-0.4, -0.2) is 57.9 Å². The number of para-hydroxylation sites is 1. The molecule has 2 heterocycles. The Kier molecular flexibility index (Phi) is 4.33. The molecule has 0 radical (unpaired) electrons. The van der Waals surface area contributed by atoms with Gasteiger partial charge in [0.25, 0.3) is 11.8 Å². The van der Waals surface area contributed by atoms with Gasteiger partial charge in [-0.05, 0) is 18.2 Å². The molecule has 24 heavy (non-hydrogen) atoms. The first-order valence-electron chi connectivity index (χ1n) is 7.61. The molecule has 1 aromatic carbocycles.